The van der Waals surface area contributed by atoms with Crippen LogP contribution in [0.25, 0.3) is 5.57 Å². The van der Waals surface area contributed by atoms with E-state index in [0.717, 1.165) is 6.42 Å². The molecule has 0 amide bonds. The van der Waals surface area contributed by atoms with E-state index < -0.39 is 0 Å². The first kappa shape index (κ1) is 8.31. The number of hydrogen-bond donors (Lipinski definition) is 0. The molecule has 1 aromatic carbocycles. The fourth-order valence-electron chi connectivity index (χ4n) is 1.52. The molecule has 0 heterocycles. The lowest BCUT2D eigenvalue weighted by atomic mass is 10.1. The normalized spacial score (nSPS) is 15.5. The second-order valence-corrected chi connectivity index (χ2v) is 3.23. The van der Waals surface area contributed by atoms with Gasteiger partial charge in [-0.3, -0.25) is 0 Å². The van der Waals surface area contributed by atoms with Crippen LogP contribution in [0.2, 0.25) is 0 Å². The first-order chi connectivity index (χ1) is 6.40. The molecular weight excluding hydrogens is 156 g/mol. The van der Waals surface area contributed by atoms with Crippen molar-refractivity contribution in [3.05, 3.63) is 60.0 Å². The Kier molecular flexibility index (Phi) is 2.31. The molecule has 0 aliphatic heterocycles. The molecule has 1 radical (unpaired) electrons. The molecule has 0 saturated heterocycles. The average molecular weight is 169 g/mol. The van der Waals surface area contributed by atoms with E-state index in [1.807, 2.05) is 6.07 Å². The summed E-state index contributed by atoms with van der Waals surface area (Å²) in [5.74, 6) is 0. The minimum absolute atomic E-state index is 1.12. The molecule has 2 rings (SSSR count). The van der Waals surface area contributed by atoms with Crippen molar-refractivity contribution in [1.82, 2.24) is 0 Å². The minimum Gasteiger partial charge on any atom is -0.0728 e. The van der Waals surface area contributed by atoms with Crippen molar-refractivity contribution < 1.29 is 0 Å². The highest BCUT2D eigenvalue weighted by Gasteiger charge is 2.06. The van der Waals surface area contributed by atoms with Crippen LogP contribution in [-0.4, -0.2) is 0 Å². The van der Waals surface area contributed by atoms with Crippen molar-refractivity contribution in [2.24, 2.45) is 0 Å². The van der Waals surface area contributed by atoms with Gasteiger partial charge in [0, 0.05) is 6.42 Å². The summed E-state index contributed by atoms with van der Waals surface area (Å²) in [6, 6.07) is 10.5. The van der Waals surface area contributed by atoms with Crippen LogP contribution in [0, 0.1) is 6.42 Å². The summed E-state index contributed by atoms with van der Waals surface area (Å²) in [7, 11) is 0. The molecule has 0 nitrogen and oxygen atoms in total. The number of allylic oxidation sites excluding steroid dienone is 4. The fraction of sp³-hybridized carbons (Fsp3) is 0.154. The summed E-state index contributed by atoms with van der Waals surface area (Å²) in [4.78, 5) is 0. The van der Waals surface area contributed by atoms with Crippen LogP contribution in [0.5, 0.6) is 0 Å². The van der Waals surface area contributed by atoms with Crippen molar-refractivity contribution in [2.75, 3.05) is 0 Å². The average Bonchev–Trinajstić information content (AvgIpc) is 2.67. The Morgan fingerprint density at radius 2 is 1.85 bits per heavy atom. The van der Waals surface area contributed by atoms with Crippen molar-refractivity contribution in [1.29, 1.82) is 0 Å². The van der Waals surface area contributed by atoms with Crippen LogP contribution >= 0.6 is 0 Å². The molecule has 0 aromatic heterocycles. The van der Waals surface area contributed by atoms with E-state index in [9.17, 15) is 0 Å². The molecule has 0 N–H and O–H groups in total. The zero-order chi connectivity index (χ0) is 9.10. The van der Waals surface area contributed by atoms with Gasteiger partial charge in [-0.1, -0.05) is 55.0 Å². The molecule has 13 heavy (non-hydrogen) atoms. The Balaban J connectivity index is 2.23. The number of benzene rings is 1. The lowest BCUT2D eigenvalue weighted by Crippen LogP contribution is -1.78. The maximum Gasteiger partial charge on any atom is 0.0134 e. The summed E-state index contributed by atoms with van der Waals surface area (Å²) in [6.45, 7) is 2.18. The van der Waals surface area contributed by atoms with Gasteiger partial charge in [0.25, 0.3) is 0 Å². The summed E-state index contributed by atoms with van der Waals surface area (Å²) >= 11 is 0. The Hall–Kier alpha value is -1.30. The first-order valence-electron chi connectivity index (χ1n) is 4.71. The molecule has 0 bridgehead atoms. The van der Waals surface area contributed by atoms with Crippen LogP contribution < -0.4 is 0 Å². The Labute approximate surface area is 79.6 Å². The first-order valence-corrected chi connectivity index (χ1v) is 4.71. The zero-order valence-electron chi connectivity index (χ0n) is 7.83. The Bertz CT molecular complexity index is 342. The highest BCUT2D eigenvalue weighted by atomic mass is 14.1. The van der Waals surface area contributed by atoms with Crippen molar-refractivity contribution in [3.8, 4) is 0 Å². The predicted molar refractivity (Wildman–Crippen MR) is 57.1 cm³/mol. The highest BCUT2D eigenvalue weighted by Crippen LogP contribution is 2.26. The molecule has 0 heteroatoms. The van der Waals surface area contributed by atoms with Gasteiger partial charge in [0.1, 0.15) is 0 Å². The van der Waals surface area contributed by atoms with Gasteiger partial charge < -0.3 is 0 Å². The van der Waals surface area contributed by atoms with Crippen LogP contribution in [0.3, 0.4) is 0 Å². The van der Waals surface area contributed by atoms with Gasteiger partial charge in [-0.15, -0.1) is 0 Å². The predicted octanol–water partition coefficient (Wildman–Crippen LogP) is 3.62. The SMILES string of the molecule is CCC1=C[CH]C(c2ccccc2)=C1. The summed E-state index contributed by atoms with van der Waals surface area (Å²) < 4.78 is 0. The van der Waals surface area contributed by atoms with Crippen LogP contribution in [0.1, 0.15) is 18.9 Å². The van der Waals surface area contributed by atoms with Gasteiger partial charge in [-0.05, 0) is 17.6 Å². The smallest absolute Gasteiger partial charge is 0.0134 e. The number of rotatable bonds is 2. The zero-order valence-corrected chi connectivity index (χ0v) is 7.83. The fourth-order valence-corrected chi connectivity index (χ4v) is 1.52. The maximum absolute atomic E-state index is 2.26. The van der Waals surface area contributed by atoms with Crippen LogP contribution in [0.15, 0.2) is 48.1 Å². The van der Waals surface area contributed by atoms with Crippen molar-refractivity contribution >= 4 is 5.57 Å². The monoisotopic (exact) mass is 169 g/mol. The van der Waals surface area contributed by atoms with Gasteiger partial charge in [0.15, 0.2) is 0 Å². The maximum atomic E-state index is 2.26. The Morgan fingerprint density at radius 1 is 1.08 bits per heavy atom. The van der Waals surface area contributed by atoms with E-state index in [0.29, 0.717) is 0 Å². The molecule has 0 saturated carbocycles. The second kappa shape index (κ2) is 3.61. The van der Waals surface area contributed by atoms with Crippen molar-refractivity contribution in [2.45, 2.75) is 13.3 Å². The van der Waals surface area contributed by atoms with E-state index in [-0.39, 0.29) is 0 Å². The molecule has 0 atom stereocenters. The van der Waals surface area contributed by atoms with Gasteiger partial charge in [0.2, 0.25) is 0 Å². The quantitative estimate of drug-likeness (QED) is 0.634. The van der Waals surface area contributed by atoms with Gasteiger partial charge in [-0.25, -0.2) is 0 Å². The van der Waals surface area contributed by atoms with E-state index in [1.165, 1.54) is 16.7 Å². The molecule has 1 aliphatic rings. The summed E-state index contributed by atoms with van der Waals surface area (Å²) in [6.07, 6.45) is 7.76. The molecule has 65 valence electrons. The topological polar surface area (TPSA) is 0 Å². The molecule has 0 unspecified atom stereocenters. The molecule has 0 spiro atoms. The number of hydrogen-bond acceptors (Lipinski definition) is 0. The third-order valence-electron chi connectivity index (χ3n) is 2.33. The Morgan fingerprint density at radius 3 is 2.46 bits per heavy atom. The molecule has 0 fully saturated rings. The van der Waals surface area contributed by atoms with Crippen molar-refractivity contribution in [3.63, 3.8) is 0 Å². The minimum atomic E-state index is 1.12. The van der Waals surface area contributed by atoms with Gasteiger partial charge in [0.05, 0.1) is 0 Å². The van der Waals surface area contributed by atoms with E-state index >= 15 is 0 Å². The van der Waals surface area contributed by atoms with E-state index in [2.05, 4.69) is 49.8 Å². The molecule has 1 aromatic rings. The highest BCUT2D eigenvalue weighted by molar-refractivity contribution is 5.79. The molecule has 1 aliphatic carbocycles. The summed E-state index contributed by atoms with van der Waals surface area (Å²) in [5.41, 5.74) is 4.05. The third kappa shape index (κ3) is 1.72. The van der Waals surface area contributed by atoms with Crippen LogP contribution in [0.4, 0.5) is 0 Å². The van der Waals surface area contributed by atoms with E-state index in [1.54, 1.807) is 0 Å². The van der Waals surface area contributed by atoms with Gasteiger partial charge >= 0.3 is 0 Å². The van der Waals surface area contributed by atoms with Crippen LogP contribution in [-0.2, 0) is 0 Å². The summed E-state index contributed by atoms with van der Waals surface area (Å²) in [5, 5.41) is 0. The lowest BCUT2D eigenvalue weighted by Gasteiger charge is -1.99. The standard InChI is InChI=1S/C13H13/c1-2-11-8-9-13(10-11)12-6-4-3-5-7-12/h3-10H,2H2,1H3. The second-order valence-electron chi connectivity index (χ2n) is 3.23. The van der Waals surface area contributed by atoms with E-state index in [4.69, 9.17) is 0 Å². The molecular formula is C13H13. The third-order valence-corrected chi connectivity index (χ3v) is 2.33. The van der Waals surface area contributed by atoms with Gasteiger partial charge in [-0.2, -0.15) is 0 Å². The largest absolute Gasteiger partial charge is 0.0728 e. The lowest BCUT2D eigenvalue weighted by molar-refractivity contribution is 1.16.